The van der Waals surface area contributed by atoms with Gasteiger partial charge in [-0.15, -0.1) is 0 Å². The van der Waals surface area contributed by atoms with E-state index < -0.39 is 17.6 Å². The van der Waals surface area contributed by atoms with E-state index in [-0.39, 0.29) is 44.3 Å². The van der Waals surface area contributed by atoms with Crippen LogP contribution >= 0.6 is 23.2 Å². The maximum atomic E-state index is 13.3. The van der Waals surface area contributed by atoms with Gasteiger partial charge >= 0.3 is 0 Å². The number of benzene rings is 1. The number of nitrogens with two attached hydrogens (primary N) is 1. The highest BCUT2D eigenvalue weighted by Crippen LogP contribution is 2.42. The zero-order valence-corrected chi connectivity index (χ0v) is 24.1. The van der Waals surface area contributed by atoms with Crippen molar-refractivity contribution in [3.8, 4) is 16.9 Å². The van der Waals surface area contributed by atoms with Gasteiger partial charge in [0, 0.05) is 31.4 Å². The highest BCUT2D eigenvalue weighted by Gasteiger charge is 2.45. The number of aryl methyl sites for hydroxylation is 1. The number of halogens is 2. The molecule has 2 amide bonds. The van der Waals surface area contributed by atoms with E-state index in [0.717, 1.165) is 19.3 Å². The average Bonchev–Trinajstić information content (AvgIpc) is 3.30. The number of aromatic nitrogens is 4. The predicted molar refractivity (Wildman–Crippen MR) is 158 cm³/mol. The van der Waals surface area contributed by atoms with E-state index in [9.17, 15) is 19.5 Å². The summed E-state index contributed by atoms with van der Waals surface area (Å²) in [4.78, 5) is 49.6. The van der Waals surface area contributed by atoms with Crippen LogP contribution < -0.4 is 21.5 Å². The third kappa shape index (κ3) is 4.75. The number of phenols is 1. The molecule has 6 rings (SSSR count). The molecule has 218 valence electrons. The molecular weight excluding hydrogens is 585 g/mol. The second-order valence-corrected chi connectivity index (χ2v) is 11.4. The summed E-state index contributed by atoms with van der Waals surface area (Å²) in [5.74, 6) is -1.05. The van der Waals surface area contributed by atoms with Crippen molar-refractivity contribution in [1.29, 1.82) is 0 Å². The Morgan fingerprint density at radius 3 is 2.69 bits per heavy atom. The van der Waals surface area contributed by atoms with Gasteiger partial charge in [-0.1, -0.05) is 23.2 Å². The second-order valence-electron chi connectivity index (χ2n) is 10.6. The van der Waals surface area contributed by atoms with Gasteiger partial charge in [0.2, 0.25) is 5.91 Å². The van der Waals surface area contributed by atoms with Gasteiger partial charge in [0.25, 0.3) is 11.5 Å². The van der Waals surface area contributed by atoms with Crippen molar-refractivity contribution in [2.75, 3.05) is 30.0 Å². The van der Waals surface area contributed by atoms with E-state index in [4.69, 9.17) is 33.7 Å². The van der Waals surface area contributed by atoms with Crippen LogP contribution in [0.5, 0.6) is 5.75 Å². The van der Waals surface area contributed by atoms with Gasteiger partial charge in [-0.2, -0.15) is 0 Å². The molecule has 1 aliphatic heterocycles. The number of aromatic hydroxyl groups is 1. The van der Waals surface area contributed by atoms with Crippen LogP contribution in [0.25, 0.3) is 22.2 Å². The Morgan fingerprint density at radius 2 is 1.98 bits per heavy atom. The van der Waals surface area contributed by atoms with Gasteiger partial charge in [0.15, 0.2) is 0 Å². The van der Waals surface area contributed by atoms with Gasteiger partial charge < -0.3 is 34.9 Å². The lowest BCUT2D eigenvalue weighted by Gasteiger charge is -2.53. The maximum Gasteiger partial charge on any atom is 0.263 e. The van der Waals surface area contributed by atoms with Crippen LogP contribution in [0.1, 0.15) is 29.6 Å². The highest BCUT2D eigenvalue weighted by atomic mass is 35.5. The minimum atomic E-state index is -0.890. The van der Waals surface area contributed by atoms with Crippen molar-refractivity contribution in [3.63, 3.8) is 0 Å². The van der Waals surface area contributed by atoms with E-state index in [1.165, 1.54) is 33.8 Å². The van der Waals surface area contributed by atoms with Gasteiger partial charge in [-0.3, -0.25) is 14.4 Å². The number of carbonyl (C=O) groups excluding carboxylic acids is 2. The van der Waals surface area contributed by atoms with Crippen LogP contribution in [0.15, 0.2) is 41.7 Å². The van der Waals surface area contributed by atoms with Gasteiger partial charge in [-0.05, 0) is 37.0 Å². The first-order chi connectivity index (χ1) is 20.1. The lowest BCUT2D eigenvalue weighted by atomic mass is 9.75. The molecule has 1 aliphatic carbocycles. The standard InChI is InChI=1S/C28H27Cl2N7O5/c1-35-14-33-26-23(27(35)41)17(15-7-16(25(31)40)24(39)18(29)8-15)11-36(26)12-22(38)34-20-9-21(32-10-19(20)30)37-5-6-42-13-28(37)3-2-4-28/h7-11,14,39H,2-6,12-13H2,1H3,(H2,31,40)(H,32,34,38). The monoisotopic (exact) mass is 611 g/mol. The molecule has 2 aliphatic rings. The molecule has 42 heavy (non-hydrogen) atoms. The first-order valence-corrected chi connectivity index (χ1v) is 14.0. The topological polar surface area (TPSA) is 158 Å². The Kier molecular flexibility index (Phi) is 7.08. The predicted octanol–water partition coefficient (Wildman–Crippen LogP) is 3.31. The Morgan fingerprint density at radius 1 is 1.19 bits per heavy atom. The maximum absolute atomic E-state index is 13.3. The van der Waals surface area contributed by atoms with E-state index in [2.05, 4.69) is 20.2 Å². The van der Waals surface area contributed by atoms with Crippen molar-refractivity contribution >= 4 is 57.6 Å². The van der Waals surface area contributed by atoms with Gasteiger partial charge in [0.1, 0.15) is 23.8 Å². The molecule has 4 N–H and O–H groups in total. The van der Waals surface area contributed by atoms with Crippen molar-refractivity contribution in [2.24, 2.45) is 12.8 Å². The third-order valence-corrected chi connectivity index (χ3v) is 8.56. The van der Waals surface area contributed by atoms with Crippen molar-refractivity contribution in [3.05, 3.63) is 62.9 Å². The number of nitrogens with one attached hydrogen (secondary N) is 1. The number of amides is 2. The second kappa shape index (κ2) is 10.6. The molecule has 4 aromatic rings. The largest absolute Gasteiger partial charge is 0.506 e. The fourth-order valence-corrected chi connectivity index (χ4v) is 6.02. The van der Waals surface area contributed by atoms with Crippen LogP contribution in [-0.4, -0.2) is 61.3 Å². The summed E-state index contributed by atoms with van der Waals surface area (Å²) in [6.45, 7) is 1.72. The normalized spacial score (nSPS) is 16.0. The number of nitrogens with zero attached hydrogens (tertiary/aromatic N) is 5. The Labute approximate surface area is 249 Å². The first kappa shape index (κ1) is 28.0. The molecule has 0 bridgehead atoms. The van der Waals surface area contributed by atoms with Gasteiger partial charge in [-0.25, -0.2) is 9.97 Å². The minimum absolute atomic E-state index is 0.0792. The number of rotatable bonds is 6. The zero-order valence-electron chi connectivity index (χ0n) is 22.6. The summed E-state index contributed by atoms with van der Waals surface area (Å²) in [6.07, 6.45) is 7.60. The third-order valence-electron chi connectivity index (χ3n) is 7.97. The molecule has 0 atom stereocenters. The SMILES string of the molecule is Cn1cnc2c(c(-c3cc(Cl)c(O)c(C(N)=O)c3)cn2CC(=O)Nc2cc(N3CCOCC34CCC4)ncc2Cl)c1=O. The molecule has 2 fully saturated rings. The molecule has 3 aromatic heterocycles. The number of carbonyl (C=O) groups is 2. The van der Waals surface area contributed by atoms with E-state index in [1.54, 1.807) is 19.3 Å². The van der Waals surface area contributed by atoms with Crippen LogP contribution in [0, 0.1) is 0 Å². The zero-order chi connectivity index (χ0) is 29.8. The van der Waals surface area contributed by atoms with Crippen LogP contribution in [0.2, 0.25) is 10.0 Å². The summed E-state index contributed by atoms with van der Waals surface area (Å²) in [6, 6.07) is 4.52. The van der Waals surface area contributed by atoms with Crippen LogP contribution in [0.3, 0.4) is 0 Å². The van der Waals surface area contributed by atoms with Crippen LogP contribution in [0.4, 0.5) is 11.5 Å². The molecular formula is C28H27Cl2N7O5. The number of hydrogen-bond acceptors (Lipinski definition) is 8. The summed E-state index contributed by atoms with van der Waals surface area (Å²) < 4.78 is 8.56. The quantitative estimate of drug-likeness (QED) is 0.299. The molecule has 0 unspecified atom stereocenters. The smallest absolute Gasteiger partial charge is 0.263 e. The fourth-order valence-electron chi connectivity index (χ4n) is 5.65. The number of ether oxygens (including phenoxy) is 1. The average molecular weight is 612 g/mol. The fraction of sp³-hybridized carbons (Fsp3) is 0.321. The summed E-state index contributed by atoms with van der Waals surface area (Å²) in [5, 5.41) is 13.4. The molecule has 1 saturated heterocycles. The Hall–Kier alpha value is -4.13. The summed E-state index contributed by atoms with van der Waals surface area (Å²) >= 11 is 12.6. The summed E-state index contributed by atoms with van der Waals surface area (Å²) in [7, 11) is 1.55. The lowest BCUT2D eigenvalue weighted by Crippen LogP contribution is -2.61. The number of anilines is 2. The highest BCUT2D eigenvalue weighted by molar-refractivity contribution is 6.34. The van der Waals surface area contributed by atoms with Crippen molar-refractivity contribution in [1.82, 2.24) is 19.1 Å². The van der Waals surface area contributed by atoms with Crippen molar-refractivity contribution in [2.45, 2.75) is 31.3 Å². The van der Waals surface area contributed by atoms with E-state index in [1.807, 2.05) is 0 Å². The number of morpholine rings is 1. The Bertz CT molecular complexity index is 1810. The minimum Gasteiger partial charge on any atom is -0.506 e. The van der Waals surface area contributed by atoms with E-state index in [0.29, 0.717) is 42.4 Å². The van der Waals surface area contributed by atoms with Gasteiger partial charge in [0.05, 0.1) is 58.0 Å². The molecule has 4 heterocycles. The van der Waals surface area contributed by atoms with Crippen LogP contribution in [-0.2, 0) is 23.1 Å². The Balaban J connectivity index is 1.33. The number of fused-ring (bicyclic) bond motifs is 1. The molecule has 1 aromatic carbocycles. The molecule has 1 spiro atoms. The molecule has 0 radical (unpaired) electrons. The van der Waals surface area contributed by atoms with E-state index >= 15 is 0 Å². The molecule has 12 nitrogen and oxygen atoms in total. The summed E-state index contributed by atoms with van der Waals surface area (Å²) in [5.41, 5.74) is 6.11. The number of pyridine rings is 1. The molecule has 1 saturated carbocycles. The van der Waals surface area contributed by atoms with Crippen molar-refractivity contribution < 1.29 is 19.4 Å². The number of primary amides is 1. The first-order valence-electron chi connectivity index (χ1n) is 13.3. The molecule has 14 heteroatoms. The number of hydrogen-bond donors (Lipinski definition) is 3. The lowest BCUT2D eigenvalue weighted by molar-refractivity contribution is -0.116.